The van der Waals surface area contributed by atoms with Crippen LogP contribution >= 0.6 is 11.6 Å². The van der Waals surface area contributed by atoms with Crippen LogP contribution in [-0.4, -0.2) is 17.8 Å². The minimum absolute atomic E-state index is 0.0899. The summed E-state index contributed by atoms with van der Waals surface area (Å²) >= 11 is 6.12. The van der Waals surface area contributed by atoms with Crippen molar-refractivity contribution in [1.29, 1.82) is 0 Å². The summed E-state index contributed by atoms with van der Waals surface area (Å²) in [5.41, 5.74) is 1.29. The van der Waals surface area contributed by atoms with Gasteiger partial charge in [-0.15, -0.1) is 0 Å². The number of halogens is 1. The maximum Gasteiger partial charge on any atom is 0.257 e. The Balaban J connectivity index is 1.76. The van der Waals surface area contributed by atoms with Gasteiger partial charge in [0.1, 0.15) is 0 Å². The first-order chi connectivity index (χ1) is 13.9. The topological polar surface area (TPSA) is 98.3 Å². The lowest BCUT2D eigenvalue weighted by Crippen LogP contribution is -2.25. The molecule has 0 radical (unpaired) electrons. The number of nitrogens with one attached hydrogen (secondary N) is 2. The van der Waals surface area contributed by atoms with Crippen molar-refractivity contribution in [1.82, 2.24) is 0 Å². The number of carboxylic acids is 1. The van der Waals surface area contributed by atoms with Gasteiger partial charge in [0, 0.05) is 11.3 Å². The summed E-state index contributed by atoms with van der Waals surface area (Å²) in [5, 5.41) is 16.6. The first-order valence-electron chi connectivity index (χ1n) is 8.69. The van der Waals surface area contributed by atoms with Crippen LogP contribution in [0.3, 0.4) is 0 Å². The Labute approximate surface area is 172 Å². The van der Waals surface area contributed by atoms with E-state index >= 15 is 0 Å². The van der Waals surface area contributed by atoms with Crippen molar-refractivity contribution in [2.75, 3.05) is 10.6 Å². The van der Waals surface area contributed by atoms with E-state index in [4.69, 9.17) is 11.6 Å². The highest BCUT2D eigenvalue weighted by molar-refractivity contribution is 6.34. The van der Waals surface area contributed by atoms with Gasteiger partial charge in [-0.05, 0) is 29.8 Å². The molecule has 0 aromatic heterocycles. The van der Waals surface area contributed by atoms with Crippen LogP contribution in [0.1, 0.15) is 26.3 Å². The van der Waals surface area contributed by atoms with E-state index in [2.05, 4.69) is 10.6 Å². The maximum atomic E-state index is 12.6. The highest BCUT2D eigenvalue weighted by Crippen LogP contribution is 2.23. The predicted octanol–water partition coefficient (Wildman–Crippen LogP) is 3.14. The number of amides is 2. The molecule has 29 heavy (non-hydrogen) atoms. The number of para-hydroxylation sites is 1. The molecule has 3 aromatic carbocycles. The molecule has 0 aliphatic heterocycles. The van der Waals surface area contributed by atoms with Gasteiger partial charge in [0.05, 0.1) is 28.7 Å². The first-order valence-corrected chi connectivity index (χ1v) is 9.07. The van der Waals surface area contributed by atoms with Gasteiger partial charge < -0.3 is 20.5 Å². The number of benzene rings is 3. The molecule has 2 amide bonds. The molecule has 0 unspecified atom stereocenters. The molecule has 0 bridgehead atoms. The van der Waals surface area contributed by atoms with Crippen molar-refractivity contribution in [2.24, 2.45) is 0 Å². The number of hydrogen-bond acceptors (Lipinski definition) is 4. The SMILES string of the molecule is O=C(Cc1ccccc1)Nc1ccc(Cl)c(C(=O)Nc2ccccc2C(=O)[O-])c1. The molecule has 0 fully saturated rings. The highest BCUT2D eigenvalue weighted by atomic mass is 35.5. The van der Waals surface area contributed by atoms with E-state index in [1.54, 1.807) is 12.1 Å². The largest absolute Gasteiger partial charge is 0.545 e. The minimum atomic E-state index is -1.41. The average molecular weight is 408 g/mol. The van der Waals surface area contributed by atoms with Crippen LogP contribution in [0.5, 0.6) is 0 Å². The van der Waals surface area contributed by atoms with Gasteiger partial charge in [-0.25, -0.2) is 0 Å². The zero-order valence-electron chi connectivity index (χ0n) is 15.1. The summed E-state index contributed by atoms with van der Waals surface area (Å²) in [6.45, 7) is 0. The minimum Gasteiger partial charge on any atom is -0.545 e. The molecule has 0 spiro atoms. The molecular formula is C22H16ClN2O4-. The molecule has 3 aromatic rings. The van der Waals surface area contributed by atoms with E-state index < -0.39 is 11.9 Å². The Morgan fingerprint density at radius 1 is 0.828 bits per heavy atom. The molecule has 3 rings (SSSR count). The van der Waals surface area contributed by atoms with E-state index in [0.29, 0.717) is 5.69 Å². The fraction of sp³-hybridized carbons (Fsp3) is 0.0455. The molecule has 6 nitrogen and oxygen atoms in total. The van der Waals surface area contributed by atoms with Crippen molar-refractivity contribution < 1.29 is 19.5 Å². The quantitative estimate of drug-likeness (QED) is 0.655. The number of carbonyl (C=O) groups excluding carboxylic acids is 3. The Hall–Kier alpha value is -3.64. The van der Waals surface area contributed by atoms with Crippen LogP contribution < -0.4 is 15.7 Å². The monoisotopic (exact) mass is 407 g/mol. The molecular weight excluding hydrogens is 392 g/mol. The zero-order chi connectivity index (χ0) is 20.8. The van der Waals surface area contributed by atoms with Crippen molar-refractivity contribution in [3.05, 3.63) is 94.5 Å². The van der Waals surface area contributed by atoms with Gasteiger partial charge >= 0.3 is 0 Å². The molecule has 0 saturated carbocycles. The van der Waals surface area contributed by atoms with Crippen molar-refractivity contribution in [3.8, 4) is 0 Å². The maximum absolute atomic E-state index is 12.6. The molecule has 146 valence electrons. The highest BCUT2D eigenvalue weighted by Gasteiger charge is 2.14. The van der Waals surface area contributed by atoms with Crippen LogP contribution in [0.2, 0.25) is 5.02 Å². The third-order valence-corrected chi connectivity index (χ3v) is 4.43. The third kappa shape index (κ3) is 5.21. The number of aromatic carboxylic acids is 1. The van der Waals surface area contributed by atoms with Gasteiger partial charge in [-0.2, -0.15) is 0 Å². The Kier molecular flexibility index (Phi) is 6.26. The van der Waals surface area contributed by atoms with Gasteiger partial charge in [0.25, 0.3) is 5.91 Å². The first kappa shape index (κ1) is 20.1. The number of hydrogen-bond donors (Lipinski definition) is 2. The van der Waals surface area contributed by atoms with Crippen molar-refractivity contribution in [2.45, 2.75) is 6.42 Å². The van der Waals surface area contributed by atoms with E-state index in [1.165, 1.54) is 30.3 Å². The Morgan fingerprint density at radius 2 is 1.52 bits per heavy atom. The van der Waals surface area contributed by atoms with E-state index in [0.717, 1.165) is 5.56 Å². The normalized spacial score (nSPS) is 10.2. The summed E-state index contributed by atoms with van der Waals surface area (Å²) in [7, 11) is 0. The summed E-state index contributed by atoms with van der Waals surface area (Å²) in [5.74, 6) is -2.26. The molecule has 2 N–H and O–H groups in total. The Morgan fingerprint density at radius 3 is 2.24 bits per heavy atom. The van der Waals surface area contributed by atoms with E-state index in [1.807, 2.05) is 30.3 Å². The molecule has 7 heteroatoms. The van der Waals surface area contributed by atoms with Crippen molar-refractivity contribution in [3.63, 3.8) is 0 Å². The van der Waals surface area contributed by atoms with Crippen LogP contribution in [0, 0.1) is 0 Å². The second-order valence-corrected chi connectivity index (χ2v) is 6.60. The van der Waals surface area contributed by atoms with Crippen LogP contribution in [0.15, 0.2) is 72.8 Å². The molecule has 0 aliphatic rings. The molecule has 0 aliphatic carbocycles. The fourth-order valence-corrected chi connectivity index (χ4v) is 2.93. The predicted molar refractivity (Wildman–Crippen MR) is 109 cm³/mol. The van der Waals surface area contributed by atoms with E-state index in [-0.39, 0.29) is 34.2 Å². The lowest BCUT2D eigenvalue weighted by molar-refractivity contribution is -0.254. The average Bonchev–Trinajstić information content (AvgIpc) is 2.70. The zero-order valence-corrected chi connectivity index (χ0v) is 15.9. The third-order valence-electron chi connectivity index (χ3n) is 4.10. The summed E-state index contributed by atoms with van der Waals surface area (Å²) in [6.07, 6.45) is 0.185. The number of rotatable bonds is 6. The second kappa shape index (κ2) is 9.03. The van der Waals surface area contributed by atoms with Crippen LogP contribution in [-0.2, 0) is 11.2 Å². The molecule has 0 atom stereocenters. The van der Waals surface area contributed by atoms with Gasteiger partial charge in [0.15, 0.2) is 0 Å². The number of anilines is 2. The Bertz CT molecular complexity index is 1070. The smallest absolute Gasteiger partial charge is 0.257 e. The van der Waals surface area contributed by atoms with Gasteiger partial charge in [0.2, 0.25) is 5.91 Å². The molecule has 0 saturated heterocycles. The summed E-state index contributed by atoms with van der Waals surface area (Å²) in [6, 6.07) is 19.6. The number of carbonyl (C=O) groups is 3. The lowest BCUT2D eigenvalue weighted by Gasteiger charge is -2.13. The summed E-state index contributed by atoms with van der Waals surface area (Å²) in [4.78, 5) is 36.1. The van der Waals surface area contributed by atoms with Gasteiger partial charge in [-0.3, -0.25) is 9.59 Å². The van der Waals surface area contributed by atoms with Gasteiger partial charge in [-0.1, -0.05) is 60.1 Å². The van der Waals surface area contributed by atoms with E-state index in [9.17, 15) is 19.5 Å². The standard InChI is InChI=1S/C22H17ClN2O4/c23-18-11-10-15(24-20(26)12-14-6-2-1-3-7-14)13-17(18)21(27)25-19-9-5-4-8-16(19)22(28)29/h1-11,13H,12H2,(H,24,26)(H,25,27)(H,28,29)/p-1. The molecule has 0 heterocycles. The van der Waals surface area contributed by atoms with Crippen LogP contribution in [0.4, 0.5) is 11.4 Å². The number of carboxylic acid groups (broad SMARTS) is 1. The lowest BCUT2D eigenvalue weighted by atomic mass is 10.1. The summed E-state index contributed by atoms with van der Waals surface area (Å²) < 4.78 is 0. The second-order valence-electron chi connectivity index (χ2n) is 6.19. The van der Waals surface area contributed by atoms with Crippen molar-refractivity contribution >= 4 is 40.8 Å². The van der Waals surface area contributed by atoms with Crippen LogP contribution in [0.25, 0.3) is 0 Å². The fourth-order valence-electron chi connectivity index (χ4n) is 2.72.